The number of anilines is 2. The fourth-order valence-electron chi connectivity index (χ4n) is 4.29. The molecule has 1 aromatic heterocycles. The van der Waals surface area contributed by atoms with Gasteiger partial charge in [-0.25, -0.2) is 9.37 Å². The summed E-state index contributed by atoms with van der Waals surface area (Å²) in [6, 6.07) is 9.94. The van der Waals surface area contributed by atoms with Crippen LogP contribution in [0.4, 0.5) is 15.9 Å². The van der Waals surface area contributed by atoms with Crippen molar-refractivity contribution < 1.29 is 9.18 Å². The van der Waals surface area contributed by atoms with Gasteiger partial charge in [0.2, 0.25) is 5.91 Å². The molecule has 27 heavy (non-hydrogen) atoms. The zero-order chi connectivity index (χ0) is 19.1. The number of carbonyl (C=O) groups is 1. The van der Waals surface area contributed by atoms with Crippen molar-refractivity contribution in [2.45, 2.75) is 38.8 Å². The molecule has 0 saturated heterocycles. The number of pyridine rings is 1. The summed E-state index contributed by atoms with van der Waals surface area (Å²) in [4.78, 5) is 18.6. The molecule has 0 radical (unpaired) electrons. The van der Waals surface area contributed by atoms with Gasteiger partial charge in [-0.3, -0.25) is 4.79 Å². The average molecular weight is 364 g/mol. The summed E-state index contributed by atoms with van der Waals surface area (Å²) in [7, 11) is 0. The molecule has 5 nitrogen and oxygen atoms in total. The van der Waals surface area contributed by atoms with Gasteiger partial charge in [0, 0.05) is 36.3 Å². The van der Waals surface area contributed by atoms with E-state index in [4.69, 9.17) is 0 Å². The number of hydrogen-bond acceptors (Lipinski definition) is 4. The predicted octanol–water partition coefficient (Wildman–Crippen LogP) is 4.03. The van der Waals surface area contributed by atoms with Crippen molar-refractivity contribution in [1.29, 1.82) is 5.26 Å². The van der Waals surface area contributed by atoms with Crippen LogP contribution in [0.3, 0.4) is 0 Å². The standard InChI is InChI=1S/C21H21FN4O/c1-12-19(25-21-15(11-23)4-3-9-24-21)17-10-16(22)7-8-18(17)26(13(2)27)20(12)14-5-6-14/h3-4,7-10,12,14,19-20H,5-6H2,1-2H3,(H,24,25). The maximum absolute atomic E-state index is 14.1. The SMILES string of the molecule is CC(=O)N1c2ccc(F)cc2C(Nc2ncccc2C#N)C(C)C1C1CC1. The third-order valence-electron chi connectivity index (χ3n) is 5.61. The predicted molar refractivity (Wildman–Crippen MR) is 101 cm³/mol. The number of amides is 1. The lowest BCUT2D eigenvalue weighted by Crippen LogP contribution is -2.51. The highest BCUT2D eigenvalue weighted by molar-refractivity contribution is 5.94. The topological polar surface area (TPSA) is 69.0 Å². The molecule has 3 unspecified atom stereocenters. The Hall–Kier alpha value is -2.94. The van der Waals surface area contributed by atoms with Gasteiger partial charge in [0.25, 0.3) is 0 Å². The van der Waals surface area contributed by atoms with E-state index in [2.05, 4.69) is 23.3 Å². The lowest BCUT2D eigenvalue weighted by atomic mass is 9.80. The van der Waals surface area contributed by atoms with Crippen LogP contribution < -0.4 is 10.2 Å². The largest absolute Gasteiger partial charge is 0.362 e. The fourth-order valence-corrected chi connectivity index (χ4v) is 4.29. The highest BCUT2D eigenvalue weighted by Gasteiger charge is 2.47. The molecule has 6 heteroatoms. The maximum Gasteiger partial charge on any atom is 0.224 e. The number of fused-ring (bicyclic) bond motifs is 1. The molecule has 1 aliphatic heterocycles. The van der Waals surface area contributed by atoms with Crippen molar-refractivity contribution >= 4 is 17.4 Å². The van der Waals surface area contributed by atoms with Gasteiger partial charge >= 0.3 is 0 Å². The lowest BCUT2D eigenvalue weighted by molar-refractivity contribution is -0.117. The van der Waals surface area contributed by atoms with Gasteiger partial charge in [0.05, 0.1) is 11.6 Å². The summed E-state index contributed by atoms with van der Waals surface area (Å²) < 4.78 is 14.1. The Bertz CT molecular complexity index is 934. The molecule has 2 aromatic rings. The highest BCUT2D eigenvalue weighted by atomic mass is 19.1. The van der Waals surface area contributed by atoms with Crippen molar-refractivity contribution in [3.8, 4) is 6.07 Å². The first kappa shape index (κ1) is 17.5. The Morgan fingerprint density at radius 2 is 2.15 bits per heavy atom. The van der Waals surface area contributed by atoms with E-state index in [9.17, 15) is 14.4 Å². The van der Waals surface area contributed by atoms with Crippen LogP contribution in [-0.2, 0) is 4.79 Å². The summed E-state index contributed by atoms with van der Waals surface area (Å²) in [6.45, 7) is 3.65. The molecule has 138 valence electrons. The van der Waals surface area contributed by atoms with E-state index < -0.39 is 0 Å². The number of aromatic nitrogens is 1. The summed E-state index contributed by atoms with van der Waals surface area (Å²) in [5.41, 5.74) is 1.91. The van der Waals surface area contributed by atoms with Crippen molar-refractivity contribution in [2.24, 2.45) is 11.8 Å². The molecule has 0 bridgehead atoms. The van der Waals surface area contributed by atoms with Crippen LogP contribution in [0.2, 0.25) is 0 Å². The number of nitrogens with zero attached hydrogens (tertiary/aromatic N) is 3. The van der Waals surface area contributed by atoms with Crippen molar-refractivity contribution in [2.75, 3.05) is 10.2 Å². The number of nitrogens with one attached hydrogen (secondary N) is 1. The molecule has 1 saturated carbocycles. The highest BCUT2D eigenvalue weighted by Crippen LogP contribution is 2.50. The minimum absolute atomic E-state index is 0.0272. The number of benzene rings is 1. The summed E-state index contributed by atoms with van der Waals surface area (Å²) >= 11 is 0. The fraction of sp³-hybridized carbons (Fsp3) is 0.381. The smallest absolute Gasteiger partial charge is 0.224 e. The molecule has 2 aliphatic rings. The van der Waals surface area contributed by atoms with E-state index in [1.807, 2.05) is 4.90 Å². The summed E-state index contributed by atoms with van der Waals surface area (Å²) in [5.74, 6) is 0.607. The molecule has 1 aliphatic carbocycles. The van der Waals surface area contributed by atoms with Crippen LogP contribution in [0, 0.1) is 29.0 Å². The molecule has 2 heterocycles. The summed E-state index contributed by atoms with van der Waals surface area (Å²) in [5, 5.41) is 12.7. The van der Waals surface area contributed by atoms with Gasteiger partial charge < -0.3 is 10.2 Å². The first-order valence-electron chi connectivity index (χ1n) is 9.22. The van der Waals surface area contributed by atoms with Crippen molar-refractivity contribution in [3.63, 3.8) is 0 Å². The second-order valence-corrected chi connectivity index (χ2v) is 7.41. The van der Waals surface area contributed by atoms with E-state index in [-0.39, 0.29) is 29.7 Å². The van der Waals surface area contributed by atoms with Crippen LogP contribution in [0.1, 0.15) is 43.9 Å². The summed E-state index contributed by atoms with van der Waals surface area (Å²) in [6.07, 6.45) is 3.81. The Kier molecular flexibility index (Phi) is 4.31. The van der Waals surface area contributed by atoms with E-state index in [1.165, 1.54) is 12.1 Å². The molecule has 4 rings (SSSR count). The molecular formula is C21H21FN4O. The quantitative estimate of drug-likeness (QED) is 0.893. The molecule has 1 aromatic carbocycles. The van der Waals surface area contributed by atoms with Crippen LogP contribution >= 0.6 is 0 Å². The van der Waals surface area contributed by atoms with Gasteiger partial charge in [-0.05, 0) is 49.1 Å². The molecular weight excluding hydrogens is 343 g/mol. The Morgan fingerprint density at radius 3 is 2.81 bits per heavy atom. The molecule has 1 N–H and O–H groups in total. The second kappa shape index (κ2) is 6.66. The van der Waals surface area contributed by atoms with Crippen LogP contribution in [0.15, 0.2) is 36.5 Å². The van der Waals surface area contributed by atoms with Gasteiger partial charge in [0.15, 0.2) is 0 Å². The third-order valence-corrected chi connectivity index (χ3v) is 5.61. The number of hydrogen-bond donors (Lipinski definition) is 1. The Labute approximate surface area is 157 Å². The molecule has 3 atom stereocenters. The molecule has 0 spiro atoms. The van der Waals surface area contributed by atoms with Gasteiger partial charge in [-0.2, -0.15) is 5.26 Å². The number of nitriles is 1. The van der Waals surface area contributed by atoms with Gasteiger partial charge in [-0.15, -0.1) is 0 Å². The number of rotatable bonds is 3. The van der Waals surface area contributed by atoms with Crippen molar-refractivity contribution in [3.05, 3.63) is 53.5 Å². The van der Waals surface area contributed by atoms with Crippen LogP contribution in [0.25, 0.3) is 0 Å². The monoisotopic (exact) mass is 364 g/mol. The van der Waals surface area contributed by atoms with E-state index in [0.29, 0.717) is 17.3 Å². The van der Waals surface area contributed by atoms with Gasteiger partial charge in [0.1, 0.15) is 17.7 Å². The minimum Gasteiger partial charge on any atom is -0.362 e. The minimum atomic E-state index is -0.345. The maximum atomic E-state index is 14.1. The molecule has 1 amide bonds. The number of carbonyl (C=O) groups excluding carboxylic acids is 1. The molecule has 1 fully saturated rings. The van der Waals surface area contributed by atoms with E-state index in [1.54, 1.807) is 31.3 Å². The average Bonchev–Trinajstić information content (AvgIpc) is 3.48. The van der Waals surface area contributed by atoms with E-state index >= 15 is 0 Å². The van der Waals surface area contributed by atoms with Crippen LogP contribution in [-0.4, -0.2) is 16.9 Å². The zero-order valence-corrected chi connectivity index (χ0v) is 15.3. The van der Waals surface area contributed by atoms with Crippen LogP contribution in [0.5, 0.6) is 0 Å². The zero-order valence-electron chi connectivity index (χ0n) is 15.3. The van der Waals surface area contributed by atoms with Gasteiger partial charge in [-0.1, -0.05) is 6.92 Å². The normalized spacial score (nSPS) is 24.1. The first-order chi connectivity index (χ1) is 13.0. The Balaban J connectivity index is 1.83. The van der Waals surface area contributed by atoms with E-state index in [0.717, 1.165) is 24.1 Å². The number of halogens is 1. The van der Waals surface area contributed by atoms with Crippen molar-refractivity contribution in [1.82, 2.24) is 4.98 Å². The second-order valence-electron chi connectivity index (χ2n) is 7.41. The third kappa shape index (κ3) is 3.03. The first-order valence-corrected chi connectivity index (χ1v) is 9.22. The Morgan fingerprint density at radius 1 is 1.37 bits per heavy atom. The lowest BCUT2D eigenvalue weighted by Gasteiger charge is -2.45.